The molecule has 2 aromatic rings. The first-order chi connectivity index (χ1) is 12.7. The Bertz CT molecular complexity index is 757. The second-order valence-electron chi connectivity index (χ2n) is 6.57. The Labute approximate surface area is 152 Å². The Balaban J connectivity index is 1.66. The molecule has 1 aromatic heterocycles. The summed E-state index contributed by atoms with van der Waals surface area (Å²) in [5.74, 6) is 0.0832. The van der Waals surface area contributed by atoms with E-state index in [2.05, 4.69) is 9.88 Å². The van der Waals surface area contributed by atoms with Crippen LogP contribution in [0.4, 0.5) is 5.82 Å². The van der Waals surface area contributed by atoms with E-state index < -0.39 is 5.79 Å². The fourth-order valence-corrected chi connectivity index (χ4v) is 3.77. The third kappa shape index (κ3) is 3.18. The zero-order valence-corrected chi connectivity index (χ0v) is 14.8. The van der Waals surface area contributed by atoms with Gasteiger partial charge in [0.05, 0.1) is 31.9 Å². The highest BCUT2D eigenvalue weighted by Gasteiger charge is 2.45. The minimum atomic E-state index is -0.517. The molecule has 0 aliphatic carbocycles. The number of hydrogen-bond acceptors (Lipinski definition) is 6. The molecule has 2 fully saturated rings. The van der Waals surface area contributed by atoms with Crippen LogP contribution in [0.5, 0.6) is 0 Å². The quantitative estimate of drug-likeness (QED) is 0.790. The van der Waals surface area contributed by atoms with Gasteiger partial charge in [-0.25, -0.2) is 9.78 Å². The summed E-state index contributed by atoms with van der Waals surface area (Å²) in [5.41, 5.74) is 1.64. The van der Waals surface area contributed by atoms with Crippen molar-refractivity contribution in [1.29, 1.82) is 0 Å². The molecule has 4 rings (SSSR count). The molecular formula is C20H22N2O4. The van der Waals surface area contributed by atoms with E-state index in [1.165, 1.54) is 7.11 Å². The van der Waals surface area contributed by atoms with Crippen LogP contribution < -0.4 is 4.90 Å². The highest BCUT2D eigenvalue weighted by atomic mass is 16.7. The van der Waals surface area contributed by atoms with Crippen molar-refractivity contribution in [1.82, 2.24) is 4.98 Å². The van der Waals surface area contributed by atoms with Crippen molar-refractivity contribution < 1.29 is 19.0 Å². The Hall–Kier alpha value is -2.44. The summed E-state index contributed by atoms with van der Waals surface area (Å²) in [6.07, 6.45) is 3.33. The molecule has 0 bridgehead atoms. The standard InChI is InChI=1S/C20H22N2O4/c1-24-19(23)16-7-5-15(6-8-16)17-14-20(25-12-13-26-20)9-11-22(17)18-4-2-3-10-21-18/h2-8,10,17H,9,11-14H2,1H3. The molecule has 3 heterocycles. The Morgan fingerprint density at radius 3 is 2.62 bits per heavy atom. The van der Waals surface area contributed by atoms with Crippen LogP contribution in [0.15, 0.2) is 48.7 Å². The average Bonchev–Trinajstić information content (AvgIpc) is 3.16. The minimum absolute atomic E-state index is 0.0587. The van der Waals surface area contributed by atoms with Crippen molar-refractivity contribution in [3.63, 3.8) is 0 Å². The first-order valence-electron chi connectivity index (χ1n) is 8.85. The minimum Gasteiger partial charge on any atom is -0.465 e. The van der Waals surface area contributed by atoms with Crippen LogP contribution in [0.2, 0.25) is 0 Å². The number of carbonyl (C=O) groups is 1. The normalized spacial score (nSPS) is 21.7. The number of ether oxygens (including phenoxy) is 3. The number of rotatable bonds is 3. The van der Waals surface area contributed by atoms with Gasteiger partial charge in [0.25, 0.3) is 0 Å². The van der Waals surface area contributed by atoms with Crippen LogP contribution in [0.1, 0.15) is 34.8 Å². The highest BCUT2D eigenvalue weighted by molar-refractivity contribution is 5.89. The first kappa shape index (κ1) is 17.0. The lowest BCUT2D eigenvalue weighted by atomic mass is 9.90. The number of anilines is 1. The summed E-state index contributed by atoms with van der Waals surface area (Å²) >= 11 is 0. The Morgan fingerprint density at radius 2 is 1.96 bits per heavy atom. The topological polar surface area (TPSA) is 60.9 Å². The Morgan fingerprint density at radius 1 is 1.19 bits per heavy atom. The van der Waals surface area contributed by atoms with Gasteiger partial charge < -0.3 is 19.1 Å². The zero-order chi connectivity index (χ0) is 18.0. The lowest BCUT2D eigenvalue weighted by Crippen LogP contribution is -2.47. The van der Waals surface area contributed by atoms with Crippen molar-refractivity contribution in [2.75, 3.05) is 31.8 Å². The van der Waals surface area contributed by atoms with Gasteiger partial charge in [-0.1, -0.05) is 18.2 Å². The van der Waals surface area contributed by atoms with Gasteiger partial charge >= 0.3 is 5.97 Å². The number of piperidine rings is 1. The Kier molecular flexibility index (Phi) is 4.61. The average molecular weight is 354 g/mol. The van der Waals surface area contributed by atoms with E-state index in [9.17, 15) is 4.79 Å². The van der Waals surface area contributed by atoms with Crippen LogP contribution in [0.25, 0.3) is 0 Å². The summed E-state index contributed by atoms with van der Waals surface area (Å²) in [5, 5.41) is 0. The largest absolute Gasteiger partial charge is 0.465 e. The van der Waals surface area contributed by atoms with E-state index in [1.54, 1.807) is 18.3 Å². The van der Waals surface area contributed by atoms with Crippen molar-refractivity contribution >= 4 is 11.8 Å². The molecule has 0 amide bonds. The van der Waals surface area contributed by atoms with Gasteiger partial charge in [-0.3, -0.25) is 0 Å². The molecule has 1 atom stereocenters. The molecule has 0 radical (unpaired) electrons. The zero-order valence-electron chi connectivity index (χ0n) is 14.8. The molecule has 2 saturated heterocycles. The number of methoxy groups -OCH3 is 1. The molecule has 2 aliphatic rings. The van der Waals surface area contributed by atoms with E-state index in [4.69, 9.17) is 14.2 Å². The van der Waals surface area contributed by atoms with Crippen molar-refractivity contribution in [3.8, 4) is 0 Å². The molecule has 6 nitrogen and oxygen atoms in total. The van der Waals surface area contributed by atoms with Gasteiger partial charge in [0.2, 0.25) is 0 Å². The predicted molar refractivity (Wildman–Crippen MR) is 96.0 cm³/mol. The van der Waals surface area contributed by atoms with E-state index >= 15 is 0 Å². The third-order valence-electron chi connectivity index (χ3n) is 5.09. The molecular weight excluding hydrogens is 332 g/mol. The van der Waals surface area contributed by atoms with Gasteiger partial charge in [-0.05, 0) is 29.8 Å². The number of benzene rings is 1. The molecule has 1 spiro atoms. The van der Waals surface area contributed by atoms with Crippen molar-refractivity contribution in [2.24, 2.45) is 0 Å². The van der Waals surface area contributed by atoms with E-state index in [0.29, 0.717) is 18.8 Å². The summed E-state index contributed by atoms with van der Waals surface area (Å²) in [7, 11) is 1.39. The first-order valence-corrected chi connectivity index (χ1v) is 8.85. The van der Waals surface area contributed by atoms with Gasteiger partial charge in [0.15, 0.2) is 5.79 Å². The predicted octanol–water partition coefficient (Wildman–Crippen LogP) is 2.95. The molecule has 2 aliphatic heterocycles. The molecule has 1 aromatic carbocycles. The van der Waals surface area contributed by atoms with Gasteiger partial charge in [0.1, 0.15) is 5.82 Å². The summed E-state index contributed by atoms with van der Waals surface area (Å²) in [6, 6.07) is 13.5. The van der Waals surface area contributed by atoms with Crippen LogP contribution in [0.3, 0.4) is 0 Å². The molecule has 26 heavy (non-hydrogen) atoms. The number of hydrogen-bond donors (Lipinski definition) is 0. The number of esters is 1. The summed E-state index contributed by atoms with van der Waals surface area (Å²) in [4.78, 5) is 18.5. The summed E-state index contributed by atoms with van der Waals surface area (Å²) in [6.45, 7) is 2.07. The fourth-order valence-electron chi connectivity index (χ4n) is 3.77. The monoisotopic (exact) mass is 354 g/mol. The van der Waals surface area contributed by atoms with E-state index in [0.717, 1.165) is 30.8 Å². The second kappa shape index (κ2) is 7.05. The van der Waals surface area contributed by atoms with Crippen molar-refractivity contribution in [3.05, 3.63) is 59.8 Å². The maximum Gasteiger partial charge on any atom is 0.337 e. The number of pyridine rings is 1. The maximum absolute atomic E-state index is 11.7. The van der Waals surface area contributed by atoms with Gasteiger partial charge in [-0.2, -0.15) is 0 Å². The van der Waals surface area contributed by atoms with E-state index in [-0.39, 0.29) is 12.0 Å². The highest BCUT2D eigenvalue weighted by Crippen LogP contribution is 2.42. The molecule has 0 saturated carbocycles. The fraction of sp³-hybridized carbons (Fsp3) is 0.400. The van der Waals surface area contributed by atoms with Crippen LogP contribution in [-0.4, -0.2) is 43.6 Å². The van der Waals surface area contributed by atoms with Crippen LogP contribution >= 0.6 is 0 Å². The molecule has 0 N–H and O–H groups in total. The van der Waals surface area contributed by atoms with E-state index in [1.807, 2.05) is 30.3 Å². The van der Waals surface area contributed by atoms with Crippen LogP contribution in [-0.2, 0) is 14.2 Å². The summed E-state index contributed by atoms with van der Waals surface area (Å²) < 4.78 is 16.7. The smallest absolute Gasteiger partial charge is 0.337 e. The third-order valence-corrected chi connectivity index (χ3v) is 5.09. The number of carbonyl (C=O) groups excluding carboxylic acids is 1. The van der Waals surface area contributed by atoms with Crippen LogP contribution in [0, 0.1) is 0 Å². The molecule has 136 valence electrons. The maximum atomic E-state index is 11.7. The number of nitrogens with zero attached hydrogens (tertiary/aromatic N) is 2. The van der Waals surface area contributed by atoms with Gasteiger partial charge in [-0.15, -0.1) is 0 Å². The lowest BCUT2D eigenvalue weighted by Gasteiger charge is -2.44. The number of aromatic nitrogens is 1. The lowest BCUT2D eigenvalue weighted by molar-refractivity contribution is -0.176. The van der Waals surface area contributed by atoms with Gasteiger partial charge in [0, 0.05) is 25.6 Å². The molecule has 6 heteroatoms. The van der Waals surface area contributed by atoms with Crippen molar-refractivity contribution in [2.45, 2.75) is 24.7 Å². The SMILES string of the molecule is COC(=O)c1ccc(C2CC3(CCN2c2ccccn2)OCCO3)cc1. The second-order valence-corrected chi connectivity index (χ2v) is 6.57. The molecule has 1 unspecified atom stereocenters.